The fourth-order valence-corrected chi connectivity index (χ4v) is 4.25. The number of non-ortho nitro benzene ring substituents is 1. The molecular formula is C30H22N2O7. The molecule has 2 amide bonds. The maximum Gasteiger partial charge on any atom is 0.338 e. The standard InChI is InChI=1S/C30H22N2O7/c1-18-6-7-19(2)27(14-18)31-28(33)25-13-8-21(16-26(25)29(31)34)30(35)38-17-20-4-3-5-24(15-20)39-23-11-9-22(10-12-23)32(36)37/h3-16H,17H2,1-2H3. The number of aryl methyl sites for hydroxylation is 2. The summed E-state index contributed by atoms with van der Waals surface area (Å²) in [6.07, 6.45) is 0. The Hall–Kier alpha value is -5.31. The van der Waals surface area contributed by atoms with E-state index in [1.165, 1.54) is 42.5 Å². The summed E-state index contributed by atoms with van der Waals surface area (Å²) in [4.78, 5) is 50.5. The van der Waals surface area contributed by atoms with Gasteiger partial charge in [-0.05, 0) is 79.1 Å². The SMILES string of the molecule is Cc1ccc(C)c(N2C(=O)c3ccc(C(=O)OCc4cccc(Oc5ccc([N+](=O)[O-])cc5)c4)cc3C2=O)c1. The molecule has 39 heavy (non-hydrogen) atoms. The minimum Gasteiger partial charge on any atom is -0.457 e. The molecule has 0 bridgehead atoms. The number of benzene rings is 4. The van der Waals surface area contributed by atoms with Crippen LogP contribution in [0.5, 0.6) is 11.5 Å². The van der Waals surface area contributed by atoms with Gasteiger partial charge in [-0.2, -0.15) is 0 Å². The van der Waals surface area contributed by atoms with Crippen LogP contribution in [-0.2, 0) is 11.3 Å². The van der Waals surface area contributed by atoms with Crippen molar-refractivity contribution in [2.24, 2.45) is 0 Å². The van der Waals surface area contributed by atoms with E-state index < -0.39 is 22.7 Å². The Morgan fingerprint density at radius 1 is 0.846 bits per heavy atom. The lowest BCUT2D eigenvalue weighted by molar-refractivity contribution is -0.384. The smallest absolute Gasteiger partial charge is 0.338 e. The van der Waals surface area contributed by atoms with E-state index in [4.69, 9.17) is 9.47 Å². The van der Waals surface area contributed by atoms with Gasteiger partial charge in [-0.1, -0.05) is 24.3 Å². The lowest BCUT2D eigenvalue weighted by atomic mass is 10.1. The summed E-state index contributed by atoms with van der Waals surface area (Å²) < 4.78 is 11.2. The number of amides is 2. The molecule has 5 rings (SSSR count). The first-order chi connectivity index (χ1) is 18.7. The molecule has 1 aliphatic rings. The lowest BCUT2D eigenvalue weighted by Crippen LogP contribution is -2.30. The molecule has 1 aliphatic heterocycles. The molecule has 0 unspecified atom stereocenters. The number of anilines is 1. The average Bonchev–Trinajstić information content (AvgIpc) is 3.18. The fraction of sp³-hybridized carbons (Fsp3) is 0.100. The van der Waals surface area contributed by atoms with Crippen LogP contribution in [0.25, 0.3) is 0 Å². The first kappa shape index (κ1) is 25.3. The zero-order valence-corrected chi connectivity index (χ0v) is 21.0. The molecule has 0 saturated carbocycles. The minimum absolute atomic E-state index is 0.0429. The van der Waals surface area contributed by atoms with Crippen molar-refractivity contribution in [2.45, 2.75) is 20.5 Å². The molecule has 0 N–H and O–H groups in total. The van der Waals surface area contributed by atoms with Crippen LogP contribution in [0.2, 0.25) is 0 Å². The minimum atomic E-state index is -0.648. The molecule has 0 radical (unpaired) electrons. The number of fused-ring (bicyclic) bond motifs is 1. The monoisotopic (exact) mass is 522 g/mol. The number of nitro groups is 1. The predicted molar refractivity (Wildman–Crippen MR) is 142 cm³/mol. The number of carbonyl (C=O) groups is 3. The molecule has 0 spiro atoms. The number of imide groups is 1. The topological polar surface area (TPSA) is 116 Å². The van der Waals surface area contributed by atoms with Crippen LogP contribution in [0.3, 0.4) is 0 Å². The Morgan fingerprint density at radius 3 is 2.33 bits per heavy atom. The first-order valence-corrected chi connectivity index (χ1v) is 12.0. The third-order valence-electron chi connectivity index (χ3n) is 6.28. The third-order valence-corrected chi connectivity index (χ3v) is 6.28. The van der Waals surface area contributed by atoms with Crippen LogP contribution in [0.4, 0.5) is 11.4 Å². The first-order valence-electron chi connectivity index (χ1n) is 12.0. The van der Waals surface area contributed by atoms with E-state index in [9.17, 15) is 24.5 Å². The normalized spacial score (nSPS) is 12.3. The molecule has 0 atom stereocenters. The van der Waals surface area contributed by atoms with Gasteiger partial charge in [0, 0.05) is 12.1 Å². The van der Waals surface area contributed by atoms with Gasteiger partial charge in [0.25, 0.3) is 17.5 Å². The number of carbonyl (C=O) groups excluding carboxylic acids is 3. The van der Waals surface area contributed by atoms with Gasteiger partial charge in [0.2, 0.25) is 0 Å². The summed E-state index contributed by atoms with van der Waals surface area (Å²) in [5, 5.41) is 10.8. The second kappa shape index (κ2) is 10.2. The van der Waals surface area contributed by atoms with E-state index in [0.717, 1.165) is 16.0 Å². The van der Waals surface area contributed by atoms with E-state index >= 15 is 0 Å². The number of rotatable bonds is 7. The summed E-state index contributed by atoms with van der Waals surface area (Å²) in [7, 11) is 0. The van der Waals surface area contributed by atoms with Crippen molar-refractivity contribution in [3.05, 3.63) is 128 Å². The van der Waals surface area contributed by atoms with Crippen molar-refractivity contribution in [1.82, 2.24) is 0 Å². The Balaban J connectivity index is 1.27. The number of nitro benzene ring substituents is 1. The van der Waals surface area contributed by atoms with Crippen LogP contribution < -0.4 is 9.64 Å². The quantitative estimate of drug-likeness (QED) is 0.123. The average molecular weight is 523 g/mol. The maximum absolute atomic E-state index is 13.2. The van der Waals surface area contributed by atoms with Gasteiger partial charge in [-0.15, -0.1) is 0 Å². The van der Waals surface area contributed by atoms with Crippen molar-refractivity contribution in [1.29, 1.82) is 0 Å². The number of hydrogen-bond donors (Lipinski definition) is 0. The van der Waals surface area contributed by atoms with E-state index in [-0.39, 0.29) is 29.0 Å². The van der Waals surface area contributed by atoms with E-state index in [1.54, 1.807) is 30.3 Å². The van der Waals surface area contributed by atoms with Crippen molar-refractivity contribution in [3.8, 4) is 11.5 Å². The summed E-state index contributed by atoms with van der Waals surface area (Å²) >= 11 is 0. The highest BCUT2D eigenvalue weighted by molar-refractivity contribution is 6.35. The van der Waals surface area contributed by atoms with E-state index in [1.807, 2.05) is 26.0 Å². The van der Waals surface area contributed by atoms with E-state index in [2.05, 4.69) is 0 Å². The van der Waals surface area contributed by atoms with Gasteiger partial charge in [0.15, 0.2) is 0 Å². The molecule has 9 nitrogen and oxygen atoms in total. The van der Waals surface area contributed by atoms with Gasteiger partial charge in [0.1, 0.15) is 18.1 Å². The lowest BCUT2D eigenvalue weighted by Gasteiger charge is -2.17. The van der Waals surface area contributed by atoms with Gasteiger partial charge >= 0.3 is 5.97 Å². The Morgan fingerprint density at radius 2 is 1.59 bits per heavy atom. The number of hydrogen-bond acceptors (Lipinski definition) is 7. The second-order valence-corrected chi connectivity index (χ2v) is 9.07. The molecular weight excluding hydrogens is 500 g/mol. The Kier molecular flexibility index (Phi) is 6.64. The molecule has 0 aliphatic carbocycles. The fourth-order valence-electron chi connectivity index (χ4n) is 4.25. The summed E-state index contributed by atoms with van der Waals surface area (Å²) in [5.41, 5.74) is 3.35. The highest BCUT2D eigenvalue weighted by atomic mass is 16.6. The largest absolute Gasteiger partial charge is 0.457 e. The molecule has 0 fully saturated rings. The second-order valence-electron chi connectivity index (χ2n) is 9.07. The zero-order chi connectivity index (χ0) is 27.7. The zero-order valence-electron chi connectivity index (χ0n) is 21.0. The van der Waals surface area contributed by atoms with Gasteiger partial charge in [0.05, 0.1) is 27.3 Å². The maximum atomic E-state index is 13.2. The molecule has 9 heteroatoms. The van der Waals surface area contributed by atoms with Crippen LogP contribution in [0.15, 0.2) is 84.9 Å². The predicted octanol–water partition coefficient (Wildman–Crippen LogP) is 6.16. The third kappa shape index (κ3) is 5.10. The van der Waals surface area contributed by atoms with Gasteiger partial charge in [-0.25, -0.2) is 9.69 Å². The van der Waals surface area contributed by atoms with Crippen LogP contribution >= 0.6 is 0 Å². The van der Waals surface area contributed by atoms with E-state index in [0.29, 0.717) is 22.7 Å². The van der Waals surface area contributed by atoms with Crippen LogP contribution in [0.1, 0.15) is 47.8 Å². The highest BCUT2D eigenvalue weighted by Crippen LogP contribution is 2.32. The van der Waals surface area contributed by atoms with Crippen LogP contribution in [0, 0.1) is 24.0 Å². The van der Waals surface area contributed by atoms with Crippen molar-refractivity contribution >= 4 is 29.2 Å². The molecule has 4 aromatic carbocycles. The number of ether oxygens (including phenoxy) is 2. The van der Waals surface area contributed by atoms with Gasteiger partial charge in [-0.3, -0.25) is 19.7 Å². The highest BCUT2D eigenvalue weighted by Gasteiger charge is 2.38. The Labute approximate surface area is 223 Å². The van der Waals surface area contributed by atoms with Crippen molar-refractivity contribution < 1.29 is 28.8 Å². The molecule has 0 saturated heterocycles. The molecule has 1 heterocycles. The summed E-state index contributed by atoms with van der Waals surface area (Å²) in [6, 6.07) is 22.4. The molecule has 0 aromatic heterocycles. The van der Waals surface area contributed by atoms with Gasteiger partial charge < -0.3 is 9.47 Å². The summed E-state index contributed by atoms with van der Waals surface area (Å²) in [6.45, 7) is 3.65. The number of esters is 1. The van der Waals surface area contributed by atoms with Crippen molar-refractivity contribution in [2.75, 3.05) is 4.90 Å². The van der Waals surface area contributed by atoms with Crippen LogP contribution in [-0.4, -0.2) is 22.7 Å². The molecule has 4 aromatic rings. The number of nitrogens with zero attached hydrogens (tertiary/aromatic N) is 2. The van der Waals surface area contributed by atoms with Crippen molar-refractivity contribution in [3.63, 3.8) is 0 Å². The summed E-state index contributed by atoms with van der Waals surface area (Å²) in [5.74, 6) is -0.694. The Bertz CT molecular complexity index is 1640. The molecule has 194 valence electrons.